The minimum Gasteiger partial charge on any atom is -0.495 e. The van der Waals surface area contributed by atoms with Gasteiger partial charge < -0.3 is 10.5 Å². The molecule has 0 aliphatic carbocycles. The van der Waals surface area contributed by atoms with Crippen LogP contribution in [0.5, 0.6) is 5.75 Å². The molecule has 0 saturated heterocycles. The highest BCUT2D eigenvalue weighted by Crippen LogP contribution is 2.18. The Balaban J connectivity index is 2.38. The molecule has 2 N–H and O–H groups in total. The monoisotopic (exact) mass is 285 g/mol. The average molecular weight is 286 g/mol. The minimum atomic E-state index is -0.573. The summed E-state index contributed by atoms with van der Waals surface area (Å²) < 4.78 is 5.22. The van der Waals surface area contributed by atoms with Crippen molar-refractivity contribution >= 4 is 17.5 Å². The number of methoxy groups -OCH3 is 1. The molecule has 100 valence electrons. The number of carbonyl (C=O) groups is 1. The molecule has 4 heteroatoms. The first-order valence-electron chi connectivity index (χ1n) is 5.86. The van der Waals surface area contributed by atoms with Gasteiger partial charge in [0.2, 0.25) is 5.91 Å². The van der Waals surface area contributed by atoms with Crippen LogP contribution in [0.1, 0.15) is 21.5 Å². The molecular weight excluding hydrogens is 274 g/mol. The summed E-state index contributed by atoms with van der Waals surface area (Å²) in [6.45, 7) is 0. The van der Waals surface area contributed by atoms with Gasteiger partial charge in [-0.05, 0) is 30.3 Å². The molecule has 3 nitrogen and oxygen atoms in total. The van der Waals surface area contributed by atoms with Crippen molar-refractivity contribution < 1.29 is 9.53 Å². The van der Waals surface area contributed by atoms with Crippen LogP contribution in [0.2, 0.25) is 5.02 Å². The fraction of sp³-hybridized carbons (Fsp3) is 0.0625. The van der Waals surface area contributed by atoms with Crippen LogP contribution in [0.25, 0.3) is 0 Å². The summed E-state index contributed by atoms with van der Waals surface area (Å²) in [5.41, 5.74) is 6.94. The van der Waals surface area contributed by atoms with Crippen LogP contribution in [0, 0.1) is 11.8 Å². The minimum absolute atomic E-state index is 0.262. The molecule has 2 aromatic carbocycles. The van der Waals surface area contributed by atoms with E-state index in [-0.39, 0.29) is 5.56 Å². The van der Waals surface area contributed by atoms with Gasteiger partial charge in [0, 0.05) is 5.56 Å². The van der Waals surface area contributed by atoms with E-state index in [1.54, 1.807) is 25.3 Å². The fourth-order valence-electron chi connectivity index (χ4n) is 1.68. The lowest BCUT2D eigenvalue weighted by Crippen LogP contribution is -2.11. The Bertz CT molecular complexity index is 714. The predicted octanol–water partition coefficient (Wildman–Crippen LogP) is 2.85. The van der Waals surface area contributed by atoms with E-state index in [0.717, 1.165) is 5.56 Å². The second-order valence-electron chi connectivity index (χ2n) is 4.01. The maximum Gasteiger partial charge on any atom is 0.250 e. The van der Waals surface area contributed by atoms with Gasteiger partial charge in [-0.15, -0.1) is 0 Å². The molecule has 0 aliphatic rings. The Hall–Kier alpha value is -2.44. The number of ether oxygens (including phenoxy) is 1. The molecule has 0 radical (unpaired) electrons. The van der Waals surface area contributed by atoms with Gasteiger partial charge in [-0.25, -0.2) is 0 Å². The van der Waals surface area contributed by atoms with Gasteiger partial charge in [-0.3, -0.25) is 4.79 Å². The molecule has 0 unspecified atom stereocenters. The zero-order valence-corrected chi connectivity index (χ0v) is 11.6. The van der Waals surface area contributed by atoms with Crippen LogP contribution in [0.15, 0.2) is 42.5 Å². The zero-order valence-electron chi connectivity index (χ0n) is 10.8. The number of benzene rings is 2. The van der Waals surface area contributed by atoms with Gasteiger partial charge in [0.15, 0.2) is 0 Å². The molecular formula is C16H12ClNO2. The lowest BCUT2D eigenvalue weighted by Gasteiger charge is -2.02. The second kappa shape index (κ2) is 6.14. The van der Waals surface area contributed by atoms with E-state index in [9.17, 15) is 4.79 Å². The molecule has 2 rings (SSSR count). The molecule has 0 aliphatic heterocycles. The molecule has 0 bridgehead atoms. The highest BCUT2D eigenvalue weighted by atomic mass is 35.5. The normalized spacial score (nSPS) is 9.50. The molecule has 0 aromatic heterocycles. The van der Waals surface area contributed by atoms with Crippen molar-refractivity contribution in [2.45, 2.75) is 0 Å². The van der Waals surface area contributed by atoms with Crippen LogP contribution >= 0.6 is 11.6 Å². The summed E-state index contributed by atoms with van der Waals surface area (Å²) in [6.07, 6.45) is 0. The van der Waals surface area contributed by atoms with E-state index in [4.69, 9.17) is 22.1 Å². The topological polar surface area (TPSA) is 52.3 Å². The molecule has 1 amide bonds. The first kappa shape index (κ1) is 14.0. The van der Waals surface area contributed by atoms with Gasteiger partial charge in [-0.1, -0.05) is 35.6 Å². The summed E-state index contributed by atoms with van der Waals surface area (Å²) in [5.74, 6) is 6.08. The number of rotatable bonds is 2. The van der Waals surface area contributed by atoms with E-state index in [2.05, 4.69) is 11.8 Å². The first-order valence-corrected chi connectivity index (χ1v) is 6.24. The van der Waals surface area contributed by atoms with Crippen molar-refractivity contribution in [3.05, 3.63) is 64.2 Å². The summed E-state index contributed by atoms with van der Waals surface area (Å²) in [6, 6.07) is 12.4. The fourth-order valence-corrected chi connectivity index (χ4v) is 1.89. The second-order valence-corrected chi connectivity index (χ2v) is 4.42. The Kier molecular flexibility index (Phi) is 4.29. The Morgan fingerprint density at radius 2 is 1.95 bits per heavy atom. The average Bonchev–Trinajstić information content (AvgIpc) is 2.46. The number of nitrogens with two attached hydrogens (primary N) is 1. The van der Waals surface area contributed by atoms with Crippen molar-refractivity contribution in [1.82, 2.24) is 0 Å². The number of hydrogen-bond donors (Lipinski definition) is 1. The van der Waals surface area contributed by atoms with E-state index in [0.29, 0.717) is 16.3 Å². The van der Waals surface area contributed by atoms with Crippen molar-refractivity contribution in [3.8, 4) is 17.6 Å². The zero-order chi connectivity index (χ0) is 14.5. The van der Waals surface area contributed by atoms with Gasteiger partial charge in [0.25, 0.3) is 0 Å². The van der Waals surface area contributed by atoms with Crippen LogP contribution in [-0.2, 0) is 0 Å². The summed E-state index contributed by atoms with van der Waals surface area (Å²) in [5, 5.41) is 0.320. The molecule has 0 atom stereocenters. The molecule has 0 spiro atoms. The maximum absolute atomic E-state index is 11.2. The third kappa shape index (κ3) is 3.11. The van der Waals surface area contributed by atoms with E-state index in [1.165, 1.54) is 0 Å². The van der Waals surface area contributed by atoms with E-state index in [1.807, 2.05) is 24.3 Å². The number of hydrogen-bond acceptors (Lipinski definition) is 2. The highest BCUT2D eigenvalue weighted by molar-refractivity contribution is 6.33. The first-order chi connectivity index (χ1) is 9.61. The van der Waals surface area contributed by atoms with Crippen molar-refractivity contribution in [2.24, 2.45) is 5.73 Å². The summed E-state index contributed by atoms with van der Waals surface area (Å²) >= 11 is 5.89. The van der Waals surface area contributed by atoms with Gasteiger partial charge in [-0.2, -0.15) is 0 Å². The Morgan fingerprint density at radius 1 is 1.20 bits per heavy atom. The molecule has 2 aromatic rings. The standard InChI is InChI=1S/C16H12ClNO2/c1-20-15-5-3-2-4-12(15)8-6-11-7-9-14(17)13(10-11)16(18)19/h2-5,7,9-10H,1H3,(H2,18,19). The smallest absolute Gasteiger partial charge is 0.250 e. The van der Waals surface area contributed by atoms with Crippen molar-refractivity contribution in [3.63, 3.8) is 0 Å². The van der Waals surface area contributed by atoms with Crippen LogP contribution in [0.3, 0.4) is 0 Å². The predicted molar refractivity (Wildman–Crippen MR) is 78.9 cm³/mol. The summed E-state index contributed by atoms with van der Waals surface area (Å²) in [7, 11) is 1.59. The van der Waals surface area contributed by atoms with Gasteiger partial charge in [0.1, 0.15) is 5.75 Å². The lowest BCUT2D eigenvalue weighted by atomic mass is 10.1. The summed E-state index contributed by atoms with van der Waals surface area (Å²) in [4.78, 5) is 11.2. The van der Waals surface area contributed by atoms with Gasteiger partial charge in [0.05, 0.1) is 23.3 Å². The number of para-hydroxylation sites is 1. The van der Waals surface area contributed by atoms with Gasteiger partial charge >= 0.3 is 0 Å². The maximum atomic E-state index is 11.2. The van der Waals surface area contributed by atoms with E-state index >= 15 is 0 Å². The van der Waals surface area contributed by atoms with Crippen molar-refractivity contribution in [2.75, 3.05) is 7.11 Å². The highest BCUT2D eigenvalue weighted by Gasteiger charge is 2.06. The third-order valence-electron chi connectivity index (χ3n) is 2.68. The number of halogens is 1. The molecule has 0 fully saturated rings. The largest absolute Gasteiger partial charge is 0.495 e. The Labute approximate surface area is 122 Å². The van der Waals surface area contributed by atoms with E-state index < -0.39 is 5.91 Å². The number of primary amides is 1. The van der Waals surface area contributed by atoms with Crippen LogP contribution in [-0.4, -0.2) is 13.0 Å². The molecule has 0 saturated carbocycles. The van der Waals surface area contributed by atoms with Crippen molar-refractivity contribution in [1.29, 1.82) is 0 Å². The number of amides is 1. The van der Waals surface area contributed by atoms with Crippen LogP contribution < -0.4 is 10.5 Å². The van der Waals surface area contributed by atoms with Crippen LogP contribution in [0.4, 0.5) is 0 Å². The lowest BCUT2D eigenvalue weighted by molar-refractivity contribution is 0.100. The quantitative estimate of drug-likeness (QED) is 0.863. The Morgan fingerprint density at radius 3 is 2.65 bits per heavy atom. The molecule has 0 heterocycles. The SMILES string of the molecule is COc1ccccc1C#Cc1ccc(Cl)c(C(N)=O)c1. The third-order valence-corrected chi connectivity index (χ3v) is 3.01. The number of carbonyl (C=O) groups excluding carboxylic acids is 1. The molecule has 20 heavy (non-hydrogen) atoms.